The van der Waals surface area contributed by atoms with Crippen LogP contribution in [-0.4, -0.2) is 20.9 Å². The van der Waals surface area contributed by atoms with Gasteiger partial charge in [-0.1, -0.05) is 18.2 Å². The van der Waals surface area contributed by atoms with E-state index in [9.17, 15) is 13.2 Å². The zero-order valence-corrected chi connectivity index (χ0v) is 13.9. The number of aryl methyl sites for hydroxylation is 1. The molecule has 0 unspecified atom stereocenters. The standard InChI is InChI=1S/C17H18N2O3S/c1-11-9-14(10-16(12(11)2)23(18,21)22)17(20)19-8-7-13-5-3-4-6-15(13)19/h3-6,9-10H,7-8H2,1-2H3,(H2,18,21,22). The summed E-state index contributed by atoms with van der Waals surface area (Å²) in [6.45, 7) is 4.06. The number of fused-ring (bicyclic) bond motifs is 1. The van der Waals surface area contributed by atoms with Crippen LogP contribution in [0.4, 0.5) is 5.69 Å². The van der Waals surface area contributed by atoms with E-state index in [1.165, 1.54) is 6.07 Å². The molecule has 23 heavy (non-hydrogen) atoms. The number of para-hydroxylation sites is 1. The van der Waals surface area contributed by atoms with Crippen molar-refractivity contribution in [3.8, 4) is 0 Å². The van der Waals surface area contributed by atoms with Crippen LogP contribution >= 0.6 is 0 Å². The maximum absolute atomic E-state index is 12.8. The number of carbonyl (C=O) groups excluding carboxylic acids is 1. The van der Waals surface area contributed by atoms with Gasteiger partial charge in [0.05, 0.1) is 4.90 Å². The molecule has 120 valence electrons. The van der Waals surface area contributed by atoms with E-state index in [1.807, 2.05) is 24.3 Å². The fraction of sp³-hybridized carbons (Fsp3) is 0.235. The summed E-state index contributed by atoms with van der Waals surface area (Å²) in [7, 11) is -3.87. The third-order valence-corrected chi connectivity index (χ3v) is 5.34. The number of hydrogen-bond acceptors (Lipinski definition) is 3. The van der Waals surface area contributed by atoms with Crippen LogP contribution in [0.1, 0.15) is 27.0 Å². The average molecular weight is 330 g/mol. The highest BCUT2D eigenvalue weighted by atomic mass is 32.2. The molecule has 1 heterocycles. The van der Waals surface area contributed by atoms with Crippen LogP contribution in [0, 0.1) is 13.8 Å². The highest BCUT2D eigenvalue weighted by Crippen LogP contribution is 2.30. The van der Waals surface area contributed by atoms with E-state index in [2.05, 4.69) is 0 Å². The quantitative estimate of drug-likeness (QED) is 0.916. The lowest BCUT2D eigenvalue weighted by Crippen LogP contribution is -2.29. The number of benzene rings is 2. The minimum atomic E-state index is -3.87. The molecule has 2 N–H and O–H groups in total. The van der Waals surface area contributed by atoms with Crippen molar-refractivity contribution in [2.24, 2.45) is 5.14 Å². The summed E-state index contributed by atoms with van der Waals surface area (Å²) in [4.78, 5) is 14.5. The van der Waals surface area contributed by atoms with Gasteiger partial charge in [-0.2, -0.15) is 0 Å². The van der Waals surface area contributed by atoms with E-state index >= 15 is 0 Å². The Morgan fingerprint density at radius 3 is 2.57 bits per heavy atom. The van der Waals surface area contributed by atoms with Gasteiger partial charge in [-0.3, -0.25) is 4.79 Å². The summed E-state index contributed by atoms with van der Waals surface area (Å²) in [6, 6.07) is 10.8. The second-order valence-electron chi connectivity index (χ2n) is 5.80. The van der Waals surface area contributed by atoms with Crippen molar-refractivity contribution in [1.29, 1.82) is 0 Å². The Balaban J connectivity index is 2.07. The molecule has 0 saturated carbocycles. The van der Waals surface area contributed by atoms with Gasteiger partial charge >= 0.3 is 0 Å². The summed E-state index contributed by atoms with van der Waals surface area (Å²) < 4.78 is 23.5. The van der Waals surface area contributed by atoms with E-state index in [0.29, 0.717) is 17.7 Å². The zero-order valence-electron chi connectivity index (χ0n) is 13.0. The lowest BCUT2D eigenvalue weighted by molar-refractivity contribution is 0.0989. The average Bonchev–Trinajstić information content (AvgIpc) is 2.92. The van der Waals surface area contributed by atoms with Crippen molar-refractivity contribution in [1.82, 2.24) is 0 Å². The summed E-state index contributed by atoms with van der Waals surface area (Å²) >= 11 is 0. The Kier molecular flexibility index (Phi) is 3.74. The number of sulfonamides is 1. The third-order valence-electron chi connectivity index (χ3n) is 4.31. The summed E-state index contributed by atoms with van der Waals surface area (Å²) in [5.74, 6) is -0.206. The Morgan fingerprint density at radius 2 is 1.87 bits per heavy atom. The van der Waals surface area contributed by atoms with Crippen molar-refractivity contribution in [2.75, 3.05) is 11.4 Å². The molecule has 0 atom stereocenters. The van der Waals surface area contributed by atoms with Gasteiger partial charge in [0.15, 0.2) is 0 Å². The fourth-order valence-electron chi connectivity index (χ4n) is 2.95. The molecule has 1 aliphatic heterocycles. The molecule has 0 radical (unpaired) electrons. The molecule has 0 aliphatic carbocycles. The minimum Gasteiger partial charge on any atom is -0.308 e. The number of primary sulfonamides is 1. The second-order valence-corrected chi connectivity index (χ2v) is 7.33. The third kappa shape index (κ3) is 2.75. The van der Waals surface area contributed by atoms with Crippen LogP contribution in [0.25, 0.3) is 0 Å². The van der Waals surface area contributed by atoms with Crippen molar-refractivity contribution in [3.63, 3.8) is 0 Å². The van der Waals surface area contributed by atoms with E-state index in [1.54, 1.807) is 24.8 Å². The lowest BCUT2D eigenvalue weighted by Gasteiger charge is -2.19. The largest absolute Gasteiger partial charge is 0.308 e. The van der Waals surface area contributed by atoms with E-state index in [4.69, 9.17) is 5.14 Å². The predicted molar refractivity (Wildman–Crippen MR) is 89.1 cm³/mol. The van der Waals surface area contributed by atoms with Gasteiger partial charge in [-0.05, 0) is 55.2 Å². The van der Waals surface area contributed by atoms with Crippen LogP contribution in [0.2, 0.25) is 0 Å². The number of amides is 1. The van der Waals surface area contributed by atoms with Crippen molar-refractivity contribution in [3.05, 3.63) is 58.7 Å². The Labute approximate surface area is 135 Å². The minimum absolute atomic E-state index is 0.00771. The fourth-order valence-corrected chi connectivity index (χ4v) is 3.83. The normalized spacial score (nSPS) is 14.0. The van der Waals surface area contributed by atoms with Gasteiger partial charge in [0, 0.05) is 17.8 Å². The van der Waals surface area contributed by atoms with Crippen LogP contribution < -0.4 is 10.0 Å². The molecule has 3 rings (SSSR count). The Hall–Kier alpha value is -2.18. The van der Waals surface area contributed by atoms with Gasteiger partial charge in [-0.15, -0.1) is 0 Å². The molecule has 0 aromatic heterocycles. The first-order chi connectivity index (χ1) is 10.8. The summed E-state index contributed by atoms with van der Waals surface area (Å²) in [5.41, 5.74) is 3.65. The van der Waals surface area contributed by atoms with Gasteiger partial charge in [0.25, 0.3) is 5.91 Å². The van der Waals surface area contributed by atoms with Crippen LogP contribution in [-0.2, 0) is 16.4 Å². The van der Waals surface area contributed by atoms with Crippen molar-refractivity contribution in [2.45, 2.75) is 25.2 Å². The number of rotatable bonds is 2. The van der Waals surface area contributed by atoms with Crippen LogP contribution in [0.5, 0.6) is 0 Å². The molecule has 0 fully saturated rings. The molecular weight excluding hydrogens is 312 g/mol. The Morgan fingerprint density at radius 1 is 1.17 bits per heavy atom. The smallest absolute Gasteiger partial charge is 0.258 e. The first-order valence-electron chi connectivity index (χ1n) is 7.33. The van der Waals surface area contributed by atoms with Crippen molar-refractivity contribution < 1.29 is 13.2 Å². The predicted octanol–water partition coefficient (Wildman–Crippen LogP) is 2.15. The number of hydrogen-bond donors (Lipinski definition) is 1. The maximum Gasteiger partial charge on any atom is 0.258 e. The number of nitrogens with two attached hydrogens (primary N) is 1. The van der Waals surface area contributed by atoms with Gasteiger partial charge in [0.1, 0.15) is 0 Å². The molecular formula is C17H18N2O3S. The van der Waals surface area contributed by atoms with Crippen LogP contribution in [0.3, 0.4) is 0 Å². The molecule has 1 aliphatic rings. The number of anilines is 1. The molecule has 0 spiro atoms. The first kappa shape index (κ1) is 15.7. The van der Waals surface area contributed by atoms with E-state index in [-0.39, 0.29) is 10.8 Å². The summed E-state index contributed by atoms with van der Waals surface area (Å²) in [6.07, 6.45) is 0.800. The number of carbonyl (C=O) groups is 1. The lowest BCUT2D eigenvalue weighted by atomic mass is 10.1. The molecule has 0 saturated heterocycles. The highest BCUT2D eigenvalue weighted by molar-refractivity contribution is 7.89. The van der Waals surface area contributed by atoms with Crippen molar-refractivity contribution >= 4 is 21.6 Å². The second kappa shape index (κ2) is 5.47. The maximum atomic E-state index is 12.8. The molecule has 6 heteroatoms. The molecule has 5 nitrogen and oxygen atoms in total. The first-order valence-corrected chi connectivity index (χ1v) is 8.87. The van der Waals surface area contributed by atoms with E-state index < -0.39 is 10.0 Å². The summed E-state index contributed by atoms with van der Waals surface area (Å²) in [5, 5.41) is 5.27. The molecule has 0 bridgehead atoms. The molecule has 1 amide bonds. The number of nitrogens with zero attached hydrogens (tertiary/aromatic N) is 1. The topological polar surface area (TPSA) is 80.5 Å². The monoisotopic (exact) mass is 330 g/mol. The molecule has 2 aromatic rings. The molecule has 2 aromatic carbocycles. The van der Waals surface area contributed by atoms with Crippen LogP contribution in [0.15, 0.2) is 41.3 Å². The SMILES string of the molecule is Cc1cc(C(=O)N2CCc3ccccc32)cc(S(N)(=O)=O)c1C. The van der Waals surface area contributed by atoms with Gasteiger partial charge < -0.3 is 4.90 Å². The zero-order chi connectivity index (χ0) is 16.8. The van der Waals surface area contributed by atoms with E-state index in [0.717, 1.165) is 23.2 Å². The van der Waals surface area contributed by atoms with Gasteiger partial charge in [0.2, 0.25) is 10.0 Å². The van der Waals surface area contributed by atoms with Gasteiger partial charge in [-0.25, -0.2) is 13.6 Å². The Bertz CT molecular complexity index is 904. The highest BCUT2D eigenvalue weighted by Gasteiger charge is 2.26.